The zero-order chi connectivity index (χ0) is 11.8. The van der Waals surface area contributed by atoms with E-state index >= 15 is 0 Å². The highest BCUT2D eigenvalue weighted by Gasteiger charge is 2.34. The molecule has 2 atom stereocenters. The summed E-state index contributed by atoms with van der Waals surface area (Å²) in [7, 11) is 0. The Bertz CT molecular complexity index is 265. The van der Waals surface area contributed by atoms with Gasteiger partial charge in [-0.25, -0.2) is 0 Å². The Labute approximate surface area is 97.3 Å². The molecule has 3 heterocycles. The van der Waals surface area contributed by atoms with E-state index in [1.54, 1.807) is 0 Å². The van der Waals surface area contributed by atoms with Gasteiger partial charge in [0, 0.05) is 25.2 Å². The number of carbonyl (C=O) groups excluding carboxylic acids is 1. The quantitative estimate of drug-likeness (QED) is 0.706. The first-order valence-corrected chi connectivity index (χ1v) is 6.13. The van der Waals surface area contributed by atoms with Crippen LogP contribution >= 0.6 is 0 Å². The van der Waals surface area contributed by atoms with Gasteiger partial charge in [-0.05, 0) is 33.6 Å². The molecule has 0 aliphatic carbocycles. The van der Waals surface area contributed by atoms with Crippen molar-refractivity contribution in [3.63, 3.8) is 0 Å². The monoisotopic (exact) mass is 226 g/mol. The number of fused-ring (bicyclic) bond motifs is 3. The summed E-state index contributed by atoms with van der Waals surface area (Å²) in [5.41, 5.74) is -0.371. The third kappa shape index (κ3) is 2.95. The number of piperidine rings is 2. The van der Waals surface area contributed by atoms with E-state index in [0.29, 0.717) is 18.6 Å². The van der Waals surface area contributed by atoms with E-state index < -0.39 is 0 Å². The van der Waals surface area contributed by atoms with E-state index in [-0.39, 0.29) is 11.6 Å². The number of carbonyl (C=O) groups is 1. The van der Waals surface area contributed by atoms with Crippen LogP contribution < -0.4 is 5.32 Å². The molecule has 3 fully saturated rings. The van der Waals surface area contributed by atoms with Crippen molar-refractivity contribution in [2.45, 2.75) is 51.3 Å². The van der Waals surface area contributed by atoms with Gasteiger partial charge in [-0.1, -0.05) is 0 Å². The minimum Gasteiger partial charge on any atom is -0.459 e. The predicted molar refractivity (Wildman–Crippen MR) is 62.2 cm³/mol. The molecular weight excluding hydrogens is 204 g/mol. The van der Waals surface area contributed by atoms with Crippen LogP contribution in [-0.4, -0.2) is 48.2 Å². The molecular formula is C12H22N2O2. The number of nitrogens with zero attached hydrogens (tertiary/aromatic N) is 1. The smallest absolute Gasteiger partial charge is 0.320 e. The molecule has 16 heavy (non-hydrogen) atoms. The molecule has 0 aromatic rings. The molecule has 4 heteroatoms. The van der Waals surface area contributed by atoms with E-state index in [0.717, 1.165) is 13.1 Å². The number of esters is 1. The van der Waals surface area contributed by atoms with Gasteiger partial charge in [0.2, 0.25) is 0 Å². The summed E-state index contributed by atoms with van der Waals surface area (Å²) < 4.78 is 5.35. The summed E-state index contributed by atoms with van der Waals surface area (Å²) in [6.07, 6.45) is 2.45. The van der Waals surface area contributed by atoms with Crippen LogP contribution in [0.4, 0.5) is 0 Å². The second-order valence-corrected chi connectivity index (χ2v) is 5.85. The Hall–Kier alpha value is -0.610. The Morgan fingerprint density at radius 2 is 2.19 bits per heavy atom. The normalized spacial score (nSPS) is 30.4. The molecule has 92 valence electrons. The fraction of sp³-hybridized carbons (Fsp3) is 0.917. The van der Waals surface area contributed by atoms with Gasteiger partial charge in [0.15, 0.2) is 0 Å². The Morgan fingerprint density at radius 1 is 1.44 bits per heavy atom. The molecule has 0 aromatic carbocycles. The van der Waals surface area contributed by atoms with E-state index in [1.165, 1.54) is 12.8 Å². The second kappa shape index (κ2) is 4.34. The Kier molecular flexibility index (Phi) is 3.22. The Balaban J connectivity index is 1.83. The summed E-state index contributed by atoms with van der Waals surface area (Å²) in [5.74, 6) is -0.0972. The maximum absolute atomic E-state index is 11.7. The maximum atomic E-state index is 11.7. The number of ether oxygens (including phenoxy) is 1. The third-order valence-electron chi connectivity index (χ3n) is 3.21. The fourth-order valence-electron chi connectivity index (χ4n) is 2.53. The predicted octanol–water partition coefficient (Wildman–Crippen LogP) is 0.764. The topological polar surface area (TPSA) is 41.6 Å². The first kappa shape index (κ1) is 11.9. The molecule has 3 rings (SSSR count). The second-order valence-electron chi connectivity index (χ2n) is 5.85. The molecule has 0 amide bonds. The molecule has 0 spiro atoms. The highest BCUT2D eigenvalue weighted by Crippen LogP contribution is 2.22. The van der Waals surface area contributed by atoms with Crippen molar-refractivity contribution < 1.29 is 9.53 Å². The average molecular weight is 226 g/mol. The summed E-state index contributed by atoms with van der Waals surface area (Å²) in [4.78, 5) is 14.0. The van der Waals surface area contributed by atoms with Crippen molar-refractivity contribution in [3.05, 3.63) is 0 Å². The van der Waals surface area contributed by atoms with Crippen LogP contribution in [0, 0.1) is 0 Å². The van der Waals surface area contributed by atoms with Crippen molar-refractivity contribution in [3.8, 4) is 0 Å². The van der Waals surface area contributed by atoms with Crippen molar-refractivity contribution in [2.24, 2.45) is 0 Å². The summed E-state index contributed by atoms with van der Waals surface area (Å²) in [6, 6.07) is 1.10. The van der Waals surface area contributed by atoms with Gasteiger partial charge in [-0.15, -0.1) is 0 Å². The zero-order valence-electron chi connectivity index (χ0n) is 10.5. The molecule has 0 aromatic heterocycles. The van der Waals surface area contributed by atoms with Crippen molar-refractivity contribution in [1.29, 1.82) is 0 Å². The Morgan fingerprint density at radius 3 is 2.62 bits per heavy atom. The molecule has 0 saturated carbocycles. The lowest BCUT2D eigenvalue weighted by atomic mass is 9.93. The van der Waals surface area contributed by atoms with E-state index in [1.807, 2.05) is 20.8 Å². The van der Waals surface area contributed by atoms with Gasteiger partial charge < -0.3 is 10.1 Å². The molecule has 3 aliphatic rings. The van der Waals surface area contributed by atoms with Crippen molar-refractivity contribution in [2.75, 3.05) is 19.6 Å². The van der Waals surface area contributed by atoms with Crippen LogP contribution in [0.1, 0.15) is 33.6 Å². The molecule has 3 aliphatic heterocycles. The first-order chi connectivity index (χ1) is 7.44. The molecule has 4 nitrogen and oxygen atoms in total. The zero-order valence-corrected chi connectivity index (χ0v) is 10.5. The van der Waals surface area contributed by atoms with Gasteiger partial charge in [0.1, 0.15) is 5.60 Å². The van der Waals surface area contributed by atoms with Gasteiger partial charge in [0.25, 0.3) is 0 Å². The summed E-state index contributed by atoms with van der Waals surface area (Å²) in [6.45, 7) is 8.19. The van der Waals surface area contributed by atoms with E-state index in [4.69, 9.17) is 4.74 Å². The summed E-state index contributed by atoms with van der Waals surface area (Å²) in [5, 5.41) is 3.48. The molecule has 2 unspecified atom stereocenters. The molecule has 2 bridgehead atoms. The van der Waals surface area contributed by atoms with Gasteiger partial charge in [0.05, 0.1) is 6.54 Å². The van der Waals surface area contributed by atoms with Crippen LogP contribution in [0.5, 0.6) is 0 Å². The maximum Gasteiger partial charge on any atom is 0.320 e. The number of hydrogen-bond donors (Lipinski definition) is 1. The number of piperazine rings is 1. The van der Waals surface area contributed by atoms with Crippen LogP contribution in [0.25, 0.3) is 0 Å². The van der Waals surface area contributed by atoms with Crippen LogP contribution in [-0.2, 0) is 9.53 Å². The highest BCUT2D eigenvalue weighted by molar-refractivity contribution is 5.72. The van der Waals surface area contributed by atoms with Gasteiger partial charge >= 0.3 is 5.97 Å². The third-order valence-corrected chi connectivity index (χ3v) is 3.21. The molecule has 0 radical (unpaired) electrons. The first-order valence-electron chi connectivity index (χ1n) is 6.13. The fourth-order valence-corrected chi connectivity index (χ4v) is 2.53. The van der Waals surface area contributed by atoms with Crippen LogP contribution in [0.3, 0.4) is 0 Å². The van der Waals surface area contributed by atoms with Gasteiger partial charge in [-0.3, -0.25) is 9.69 Å². The van der Waals surface area contributed by atoms with E-state index in [9.17, 15) is 4.79 Å². The van der Waals surface area contributed by atoms with Crippen molar-refractivity contribution in [1.82, 2.24) is 10.2 Å². The SMILES string of the molecule is CC(C)(C)OC(=O)CN1CC2CCC1CN2. The summed E-state index contributed by atoms with van der Waals surface area (Å²) >= 11 is 0. The van der Waals surface area contributed by atoms with Crippen LogP contribution in [0.2, 0.25) is 0 Å². The highest BCUT2D eigenvalue weighted by atomic mass is 16.6. The van der Waals surface area contributed by atoms with E-state index in [2.05, 4.69) is 10.2 Å². The number of hydrogen-bond acceptors (Lipinski definition) is 4. The number of rotatable bonds is 2. The number of nitrogens with one attached hydrogen (secondary N) is 1. The lowest BCUT2D eigenvalue weighted by Crippen LogP contribution is -2.61. The minimum atomic E-state index is -0.371. The lowest BCUT2D eigenvalue weighted by molar-refractivity contribution is -0.157. The average Bonchev–Trinajstić information content (AvgIpc) is 2.16. The molecule has 1 N–H and O–H groups in total. The lowest BCUT2D eigenvalue weighted by Gasteiger charge is -2.45. The van der Waals surface area contributed by atoms with Crippen LogP contribution in [0.15, 0.2) is 0 Å². The largest absolute Gasteiger partial charge is 0.459 e. The molecule has 3 saturated heterocycles. The van der Waals surface area contributed by atoms with Crippen molar-refractivity contribution >= 4 is 5.97 Å². The standard InChI is InChI=1S/C12H22N2O2/c1-12(2,3)16-11(15)8-14-7-9-4-5-10(14)6-13-9/h9-10,13H,4-8H2,1-3H3. The minimum absolute atomic E-state index is 0.0972. The van der Waals surface area contributed by atoms with Gasteiger partial charge in [-0.2, -0.15) is 0 Å².